The molecule has 4 heteroatoms. The first-order chi connectivity index (χ1) is 12.8. The second-order valence-corrected chi connectivity index (χ2v) is 7.49. The van der Waals surface area contributed by atoms with E-state index in [1.165, 1.54) is 37.7 Å². The summed E-state index contributed by atoms with van der Waals surface area (Å²) in [7, 11) is 1.76. The molecule has 1 aromatic heterocycles. The molecule has 1 saturated carbocycles. The lowest BCUT2D eigenvalue weighted by molar-refractivity contribution is 0.0413. The number of benzene rings is 1. The molecule has 4 rings (SSSR count). The molecule has 0 spiro atoms. The Bertz CT molecular complexity index is 704. The van der Waals surface area contributed by atoms with E-state index in [2.05, 4.69) is 51.2 Å². The summed E-state index contributed by atoms with van der Waals surface area (Å²) < 4.78 is 5.52. The summed E-state index contributed by atoms with van der Waals surface area (Å²) >= 11 is 0. The molecule has 2 aliphatic rings. The minimum Gasteiger partial charge on any atom is -0.497 e. The van der Waals surface area contributed by atoms with E-state index in [0.717, 1.165) is 37.7 Å². The summed E-state index contributed by atoms with van der Waals surface area (Å²) in [5.74, 6) is 2.07. The zero-order valence-corrected chi connectivity index (χ0v) is 15.7. The molecular formula is C22H29N3O. The lowest BCUT2D eigenvalue weighted by Crippen LogP contribution is -2.56. The largest absolute Gasteiger partial charge is 0.497 e. The molecule has 2 aromatic rings. The van der Waals surface area contributed by atoms with E-state index < -0.39 is 0 Å². The topological polar surface area (TPSA) is 28.6 Å². The molecule has 1 aliphatic heterocycles. The summed E-state index contributed by atoms with van der Waals surface area (Å²) in [6.45, 7) is 4.27. The molecule has 0 bridgehead atoms. The van der Waals surface area contributed by atoms with Crippen LogP contribution in [0, 0.1) is 0 Å². The lowest BCUT2D eigenvalue weighted by atomic mass is 9.75. The summed E-state index contributed by atoms with van der Waals surface area (Å²) in [5, 5.41) is 0. The summed E-state index contributed by atoms with van der Waals surface area (Å²) in [4.78, 5) is 9.68. The zero-order valence-electron chi connectivity index (χ0n) is 15.7. The SMILES string of the molecule is COc1cccc(C2(N3CCN(c4ccccn4)CC3)CCCCC2)c1. The van der Waals surface area contributed by atoms with Gasteiger partial charge in [-0.3, -0.25) is 4.90 Å². The number of ether oxygens (including phenoxy) is 1. The van der Waals surface area contributed by atoms with Crippen LogP contribution in [0.4, 0.5) is 5.82 Å². The van der Waals surface area contributed by atoms with Crippen molar-refractivity contribution in [3.63, 3.8) is 0 Å². The normalized spacial score (nSPS) is 20.7. The summed E-state index contributed by atoms with van der Waals surface area (Å²) in [6, 6.07) is 14.9. The van der Waals surface area contributed by atoms with Crippen molar-refractivity contribution in [2.75, 3.05) is 38.2 Å². The molecule has 4 nitrogen and oxygen atoms in total. The number of aromatic nitrogens is 1. The van der Waals surface area contributed by atoms with E-state index in [4.69, 9.17) is 4.74 Å². The van der Waals surface area contributed by atoms with Crippen molar-refractivity contribution in [1.82, 2.24) is 9.88 Å². The molecule has 0 N–H and O–H groups in total. The van der Waals surface area contributed by atoms with Gasteiger partial charge in [-0.1, -0.05) is 37.5 Å². The number of rotatable bonds is 4. The van der Waals surface area contributed by atoms with Crippen LogP contribution in [-0.2, 0) is 5.54 Å². The second-order valence-electron chi connectivity index (χ2n) is 7.49. The fourth-order valence-electron chi connectivity index (χ4n) is 4.74. The average Bonchev–Trinajstić information content (AvgIpc) is 2.75. The number of hydrogen-bond acceptors (Lipinski definition) is 4. The van der Waals surface area contributed by atoms with Crippen LogP contribution in [0.25, 0.3) is 0 Å². The number of methoxy groups -OCH3 is 1. The average molecular weight is 351 g/mol. The number of pyridine rings is 1. The van der Waals surface area contributed by atoms with Crippen LogP contribution in [0.3, 0.4) is 0 Å². The molecule has 0 amide bonds. The molecule has 1 aromatic carbocycles. The van der Waals surface area contributed by atoms with Crippen molar-refractivity contribution in [3.8, 4) is 5.75 Å². The van der Waals surface area contributed by atoms with Gasteiger partial charge in [0, 0.05) is 37.9 Å². The maximum absolute atomic E-state index is 5.52. The Kier molecular flexibility index (Phi) is 5.11. The third kappa shape index (κ3) is 3.30. The number of hydrogen-bond donors (Lipinski definition) is 0. The molecule has 0 atom stereocenters. The monoisotopic (exact) mass is 351 g/mol. The van der Waals surface area contributed by atoms with Gasteiger partial charge in [0.25, 0.3) is 0 Å². The van der Waals surface area contributed by atoms with Crippen LogP contribution >= 0.6 is 0 Å². The standard InChI is InChI=1S/C22H29N3O/c1-26-20-9-7-8-19(18-20)22(11-4-2-5-12-22)25-16-14-24(15-17-25)21-10-3-6-13-23-21/h3,6-10,13,18H,2,4-5,11-12,14-17H2,1H3. The van der Waals surface area contributed by atoms with Crippen molar-refractivity contribution in [2.24, 2.45) is 0 Å². The Hall–Kier alpha value is -2.07. The predicted octanol–water partition coefficient (Wildman–Crippen LogP) is 4.07. The molecule has 1 saturated heterocycles. The first-order valence-electron chi connectivity index (χ1n) is 9.87. The third-order valence-electron chi connectivity index (χ3n) is 6.15. The predicted molar refractivity (Wildman–Crippen MR) is 106 cm³/mol. The van der Waals surface area contributed by atoms with Crippen LogP contribution in [-0.4, -0.2) is 43.2 Å². The van der Waals surface area contributed by atoms with E-state index >= 15 is 0 Å². The van der Waals surface area contributed by atoms with E-state index in [1.54, 1.807) is 7.11 Å². The summed E-state index contributed by atoms with van der Waals surface area (Å²) in [5.41, 5.74) is 1.60. The van der Waals surface area contributed by atoms with Crippen molar-refractivity contribution >= 4 is 5.82 Å². The molecule has 2 heterocycles. The highest BCUT2D eigenvalue weighted by Gasteiger charge is 2.41. The van der Waals surface area contributed by atoms with E-state index in [0.29, 0.717) is 0 Å². The van der Waals surface area contributed by atoms with Crippen LogP contribution in [0.1, 0.15) is 37.7 Å². The molecule has 2 fully saturated rings. The van der Waals surface area contributed by atoms with Crippen LogP contribution in [0.15, 0.2) is 48.7 Å². The highest BCUT2D eigenvalue weighted by molar-refractivity contribution is 5.39. The van der Waals surface area contributed by atoms with Crippen molar-refractivity contribution in [2.45, 2.75) is 37.6 Å². The van der Waals surface area contributed by atoms with Crippen molar-refractivity contribution in [3.05, 3.63) is 54.2 Å². The van der Waals surface area contributed by atoms with Gasteiger partial charge < -0.3 is 9.64 Å². The molecular weight excluding hydrogens is 322 g/mol. The Labute approximate surface area is 156 Å². The molecule has 0 unspecified atom stereocenters. The van der Waals surface area contributed by atoms with Crippen LogP contribution < -0.4 is 9.64 Å². The van der Waals surface area contributed by atoms with Gasteiger partial charge in [0.15, 0.2) is 0 Å². The Morgan fingerprint density at radius 3 is 2.42 bits per heavy atom. The van der Waals surface area contributed by atoms with Gasteiger partial charge in [0.1, 0.15) is 11.6 Å². The van der Waals surface area contributed by atoms with Gasteiger partial charge in [0.05, 0.1) is 7.11 Å². The number of nitrogens with zero attached hydrogens (tertiary/aromatic N) is 3. The smallest absolute Gasteiger partial charge is 0.128 e. The minimum absolute atomic E-state index is 0.170. The first-order valence-corrected chi connectivity index (χ1v) is 9.87. The van der Waals surface area contributed by atoms with Crippen molar-refractivity contribution in [1.29, 1.82) is 0 Å². The fourth-order valence-corrected chi connectivity index (χ4v) is 4.74. The summed E-state index contributed by atoms with van der Waals surface area (Å²) in [6.07, 6.45) is 8.39. The van der Waals surface area contributed by atoms with Gasteiger partial charge in [0.2, 0.25) is 0 Å². The van der Waals surface area contributed by atoms with Gasteiger partial charge >= 0.3 is 0 Å². The maximum Gasteiger partial charge on any atom is 0.128 e. The number of piperazine rings is 1. The number of anilines is 1. The molecule has 138 valence electrons. The Balaban J connectivity index is 1.56. The van der Waals surface area contributed by atoms with Crippen LogP contribution in [0.5, 0.6) is 5.75 Å². The van der Waals surface area contributed by atoms with Crippen molar-refractivity contribution < 1.29 is 4.74 Å². The van der Waals surface area contributed by atoms with Gasteiger partial charge in [-0.15, -0.1) is 0 Å². The highest BCUT2D eigenvalue weighted by atomic mass is 16.5. The molecule has 0 radical (unpaired) electrons. The van der Waals surface area contributed by atoms with Gasteiger partial charge in [-0.2, -0.15) is 0 Å². The Morgan fingerprint density at radius 2 is 1.73 bits per heavy atom. The molecule has 1 aliphatic carbocycles. The second kappa shape index (κ2) is 7.67. The van der Waals surface area contributed by atoms with Gasteiger partial charge in [-0.25, -0.2) is 4.98 Å². The quantitative estimate of drug-likeness (QED) is 0.830. The first kappa shape index (κ1) is 17.3. The lowest BCUT2D eigenvalue weighted by Gasteiger charge is -2.50. The third-order valence-corrected chi connectivity index (χ3v) is 6.15. The van der Waals surface area contributed by atoms with Crippen LogP contribution in [0.2, 0.25) is 0 Å². The minimum atomic E-state index is 0.170. The highest BCUT2D eigenvalue weighted by Crippen LogP contribution is 2.43. The fraction of sp³-hybridized carbons (Fsp3) is 0.500. The Morgan fingerprint density at radius 1 is 0.923 bits per heavy atom. The van der Waals surface area contributed by atoms with E-state index in [1.807, 2.05) is 12.3 Å². The van der Waals surface area contributed by atoms with E-state index in [-0.39, 0.29) is 5.54 Å². The molecule has 26 heavy (non-hydrogen) atoms. The van der Waals surface area contributed by atoms with E-state index in [9.17, 15) is 0 Å². The van der Waals surface area contributed by atoms with Gasteiger partial charge in [-0.05, 0) is 42.7 Å². The maximum atomic E-state index is 5.52. The zero-order chi connectivity index (χ0) is 17.8.